The van der Waals surface area contributed by atoms with Gasteiger partial charge in [-0.3, -0.25) is 9.69 Å². The quantitative estimate of drug-likeness (QED) is 0.741. The van der Waals surface area contributed by atoms with Gasteiger partial charge in [0.25, 0.3) is 0 Å². The van der Waals surface area contributed by atoms with Gasteiger partial charge in [-0.05, 0) is 45.1 Å². The first kappa shape index (κ1) is 21.2. The van der Waals surface area contributed by atoms with Gasteiger partial charge in [0.2, 0.25) is 5.91 Å². The number of alkyl carbamates (subject to hydrolysis) is 1. The minimum Gasteiger partial charge on any atom is -0.465 e. The predicted octanol–water partition coefficient (Wildman–Crippen LogP) is 2.46. The standard InChI is InChI=1S/C18H27N3O5S/c1-18(2,3)26-17(24)19-12-5-8-21(9-6-12)11-14(22)20-13-7-10-27-15(13)16(23)25-4/h7,10,12H,5-6,8-9,11H2,1-4H3,(H,19,24)(H,20,22). The summed E-state index contributed by atoms with van der Waals surface area (Å²) >= 11 is 1.23. The summed E-state index contributed by atoms with van der Waals surface area (Å²) in [5.74, 6) is -0.647. The number of carbonyl (C=O) groups is 3. The Kier molecular flexibility index (Phi) is 7.20. The zero-order chi connectivity index (χ0) is 20.0. The highest BCUT2D eigenvalue weighted by Crippen LogP contribution is 2.23. The molecule has 2 N–H and O–H groups in total. The highest BCUT2D eigenvalue weighted by molar-refractivity contribution is 7.12. The highest BCUT2D eigenvalue weighted by atomic mass is 32.1. The number of piperidine rings is 1. The number of hydrogen-bond acceptors (Lipinski definition) is 7. The van der Waals surface area contributed by atoms with Crippen LogP contribution in [0.15, 0.2) is 11.4 Å². The molecule has 1 fully saturated rings. The minimum absolute atomic E-state index is 0.0435. The molecule has 0 aliphatic carbocycles. The van der Waals surface area contributed by atoms with Crippen LogP contribution in [0.1, 0.15) is 43.3 Å². The van der Waals surface area contributed by atoms with Crippen LogP contribution in [-0.2, 0) is 14.3 Å². The van der Waals surface area contributed by atoms with Crippen LogP contribution in [0.25, 0.3) is 0 Å². The van der Waals surface area contributed by atoms with E-state index in [-0.39, 0.29) is 18.5 Å². The molecule has 0 bridgehead atoms. The van der Waals surface area contributed by atoms with E-state index in [1.54, 1.807) is 11.4 Å². The molecule has 1 aliphatic rings. The highest BCUT2D eigenvalue weighted by Gasteiger charge is 2.25. The number of hydrogen-bond donors (Lipinski definition) is 2. The number of thiophene rings is 1. The molecule has 0 unspecified atom stereocenters. The summed E-state index contributed by atoms with van der Waals surface area (Å²) < 4.78 is 9.97. The van der Waals surface area contributed by atoms with Gasteiger partial charge < -0.3 is 20.1 Å². The summed E-state index contributed by atoms with van der Waals surface area (Å²) in [5.41, 5.74) is -0.0496. The van der Waals surface area contributed by atoms with E-state index in [2.05, 4.69) is 10.6 Å². The fourth-order valence-corrected chi connectivity index (χ4v) is 3.53. The molecule has 0 radical (unpaired) electrons. The molecule has 150 valence electrons. The Morgan fingerprint density at radius 3 is 2.52 bits per heavy atom. The number of ether oxygens (including phenoxy) is 2. The van der Waals surface area contributed by atoms with Gasteiger partial charge in [0.05, 0.1) is 19.3 Å². The number of likely N-dealkylation sites (tertiary alicyclic amines) is 1. The molecule has 2 rings (SSSR count). The van der Waals surface area contributed by atoms with E-state index >= 15 is 0 Å². The third-order valence-electron chi connectivity index (χ3n) is 3.99. The lowest BCUT2D eigenvalue weighted by atomic mass is 10.1. The van der Waals surface area contributed by atoms with E-state index in [9.17, 15) is 14.4 Å². The molecule has 9 heteroatoms. The van der Waals surface area contributed by atoms with Crippen molar-refractivity contribution in [2.24, 2.45) is 0 Å². The van der Waals surface area contributed by atoms with Gasteiger partial charge >= 0.3 is 12.1 Å². The van der Waals surface area contributed by atoms with Gasteiger partial charge in [-0.2, -0.15) is 0 Å². The number of carbonyl (C=O) groups excluding carboxylic acids is 3. The first-order chi connectivity index (χ1) is 12.7. The molecular weight excluding hydrogens is 370 g/mol. The molecule has 0 atom stereocenters. The molecule has 0 aromatic carbocycles. The molecular formula is C18H27N3O5S. The van der Waals surface area contributed by atoms with Crippen LogP contribution < -0.4 is 10.6 Å². The summed E-state index contributed by atoms with van der Waals surface area (Å²) in [5, 5.41) is 7.37. The van der Waals surface area contributed by atoms with Crippen LogP contribution in [0.2, 0.25) is 0 Å². The Bertz CT molecular complexity index is 675. The zero-order valence-corrected chi connectivity index (χ0v) is 17.0. The van der Waals surface area contributed by atoms with Crippen LogP contribution in [-0.4, -0.2) is 61.3 Å². The first-order valence-corrected chi connectivity index (χ1v) is 9.73. The monoisotopic (exact) mass is 397 g/mol. The maximum absolute atomic E-state index is 12.3. The lowest BCUT2D eigenvalue weighted by Gasteiger charge is -2.32. The largest absolute Gasteiger partial charge is 0.465 e. The van der Waals surface area contributed by atoms with E-state index < -0.39 is 17.7 Å². The van der Waals surface area contributed by atoms with Gasteiger partial charge in [0.1, 0.15) is 10.5 Å². The van der Waals surface area contributed by atoms with Crippen molar-refractivity contribution in [2.45, 2.75) is 45.3 Å². The van der Waals surface area contributed by atoms with Crippen molar-refractivity contribution in [3.05, 3.63) is 16.3 Å². The van der Waals surface area contributed by atoms with E-state index in [1.807, 2.05) is 25.7 Å². The molecule has 0 spiro atoms. The Morgan fingerprint density at radius 2 is 1.93 bits per heavy atom. The smallest absolute Gasteiger partial charge is 0.407 e. The molecule has 1 saturated heterocycles. The van der Waals surface area contributed by atoms with Crippen LogP contribution >= 0.6 is 11.3 Å². The van der Waals surface area contributed by atoms with Crippen molar-refractivity contribution in [1.29, 1.82) is 0 Å². The molecule has 2 amide bonds. The van der Waals surface area contributed by atoms with Crippen molar-refractivity contribution in [3.8, 4) is 0 Å². The van der Waals surface area contributed by atoms with E-state index in [0.717, 1.165) is 12.8 Å². The number of esters is 1. The lowest BCUT2D eigenvalue weighted by molar-refractivity contribution is -0.117. The van der Waals surface area contributed by atoms with Crippen LogP contribution in [0.3, 0.4) is 0 Å². The average molecular weight is 397 g/mol. The Morgan fingerprint density at radius 1 is 1.26 bits per heavy atom. The second kappa shape index (κ2) is 9.18. The third kappa shape index (κ3) is 6.84. The second-order valence-electron chi connectivity index (χ2n) is 7.40. The number of rotatable bonds is 5. The third-order valence-corrected chi connectivity index (χ3v) is 4.88. The average Bonchev–Trinajstić information content (AvgIpc) is 3.02. The SMILES string of the molecule is COC(=O)c1sccc1NC(=O)CN1CCC(NC(=O)OC(C)(C)C)CC1. The number of amides is 2. The normalized spacial score (nSPS) is 15.9. The molecule has 1 aliphatic heterocycles. The Balaban J connectivity index is 1.76. The lowest BCUT2D eigenvalue weighted by Crippen LogP contribution is -2.47. The molecule has 8 nitrogen and oxygen atoms in total. The summed E-state index contributed by atoms with van der Waals surface area (Å²) in [6.07, 6.45) is 1.09. The molecule has 1 aromatic heterocycles. The van der Waals surface area contributed by atoms with Crippen molar-refractivity contribution in [3.63, 3.8) is 0 Å². The van der Waals surface area contributed by atoms with Crippen LogP contribution in [0.4, 0.5) is 10.5 Å². The van der Waals surface area contributed by atoms with E-state index in [1.165, 1.54) is 18.4 Å². The van der Waals surface area contributed by atoms with Gasteiger partial charge in [-0.1, -0.05) is 0 Å². The van der Waals surface area contributed by atoms with Crippen molar-refractivity contribution >= 4 is 35.0 Å². The number of methoxy groups -OCH3 is 1. The van der Waals surface area contributed by atoms with Gasteiger partial charge in [0.15, 0.2) is 0 Å². The summed E-state index contributed by atoms with van der Waals surface area (Å²) in [6.45, 7) is 7.10. The Hall–Kier alpha value is -2.13. The van der Waals surface area contributed by atoms with Crippen LogP contribution in [0.5, 0.6) is 0 Å². The van der Waals surface area contributed by atoms with Gasteiger partial charge in [-0.25, -0.2) is 9.59 Å². The van der Waals surface area contributed by atoms with Crippen LogP contribution in [0, 0.1) is 0 Å². The molecule has 2 heterocycles. The second-order valence-corrected chi connectivity index (χ2v) is 8.32. The van der Waals surface area contributed by atoms with Gasteiger partial charge in [-0.15, -0.1) is 11.3 Å². The van der Waals surface area contributed by atoms with Gasteiger partial charge in [0, 0.05) is 19.1 Å². The van der Waals surface area contributed by atoms with E-state index in [0.29, 0.717) is 23.7 Å². The van der Waals surface area contributed by atoms with E-state index in [4.69, 9.17) is 9.47 Å². The fourth-order valence-electron chi connectivity index (χ4n) is 2.76. The first-order valence-electron chi connectivity index (χ1n) is 8.85. The maximum Gasteiger partial charge on any atom is 0.407 e. The van der Waals surface area contributed by atoms with Crippen molar-refractivity contribution in [2.75, 3.05) is 32.1 Å². The van der Waals surface area contributed by atoms with Crippen molar-refractivity contribution in [1.82, 2.24) is 10.2 Å². The number of nitrogens with zero attached hydrogens (tertiary/aromatic N) is 1. The minimum atomic E-state index is -0.520. The molecule has 0 saturated carbocycles. The Labute approximate surface area is 163 Å². The predicted molar refractivity (Wildman–Crippen MR) is 103 cm³/mol. The fraction of sp³-hybridized carbons (Fsp3) is 0.611. The summed E-state index contributed by atoms with van der Waals surface area (Å²) in [7, 11) is 1.31. The zero-order valence-electron chi connectivity index (χ0n) is 16.2. The number of nitrogens with one attached hydrogen (secondary N) is 2. The maximum atomic E-state index is 12.3. The molecule has 1 aromatic rings. The molecule has 27 heavy (non-hydrogen) atoms. The number of anilines is 1. The summed E-state index contributed by atoms with van der Waals surface area (Å²) in [4.78, 5) is 38.2. The topological polar surface area (TPSA) is 97.0 Å². The van der Waals surface area contributed by atoms with Crippen molar-refractivity contribution < 1.29 is 23.9 Å². The summed E-state index contributed by atoms with van der Waals surface area (Å²) in [6, 6.07) is 1.73.